The number of hydrogen-bond acceptors (Lipinski definition) is 3. The monoisotopic (exact) mass is 285 g/mol. The summed E-state index contributed by atoms with van der Waals surface area (Å²) >= 11 is 5.59. The molecule has 0 aliphatic carbocycles. The van der Waals surface area contributed by atoms with Crippen LogP contribution in [0.1, 0.15) is 26.2 Å². The summed E-state index contributed by atoms with van der Waals surface area (Å²) in [4.78, 5) is 12.0. The first kappa shape index (κ1) is 14.2. The Morgan fingerprint density at radius 2 is 2.32 bits per heavy atom. The largest absolute Gasteiger partial charge is 0.325 e. The predicted molar refractivity (Wildman–Crippen MR) is 73.4 cm³/mol. The minimum absolute atomic E-state index is 0.0432. The SMILES string of the molecule is CCCC1CC(C(=O)Nc2ccc(Cl)c(F)c2)NN1. The van der Waals surface area contributed by atoms with E-state index in [0.717, 1.165) is 19.3 Å². The van der Waals surface area contributed by atoms with Crippen molar-refractivity contribution in [1.82, 2.24) is 10.9 Å². The third-order valence-electron chi connectivity index (χ3n) is 3.12. The van der Waals surface area contributed by atoms with Crippen LogP contribution in [-0.4, -0.2) is 18.0 Å². The van der Waals surface area contributed by atoms with E-state index in [0.29, 0.717) is 11.7 Å². The molecule has 4 nitrogen and oxygen atoms in total. The summed E-state index contributed by atoms with van der Waals surface area (Å²) in [5.74, 6) is -0.714. The van der Waals surface area contributed by atoms with Crippen LogP contribution in [0.15, 0.2) is 18.2 Å². The number of rotatable bonds is 4. The summed E-state index contributed by atoms with van der Waals surface area (Å²) in [6.07, 6.45) is 2.82. The van der Waals surface area contributed by atoms with Gasteiger partial charge >= 0.3 is 0 Å². The number of carbonyl (C=O) groups is 1. The van der Waals surface area contributed by atoms with Crippen molar-refractivity contribution >= 4 is 23.2 Å². The minimum Gasteiger partial charge on any atom is -0.325 e. The molecular formula is C13H17ClFN3O. The van der Waals surface area contributed by atoms with E-state index >= 15 is 0 Å². The summed E-state index contributed by atoms with van der Waals surface area (Å²) < 4.78 is 13.3. The number of hydrazine groups is 1. The normalized spacial score (nSPS) is 22.5. The van der Waals surface area contributed by atoms with E-state index in [1.54, 1.807) is 6.07 Å². The number of carbonyl (C=O) groups excluding carboxylic acids is 1. The highest BCUT2D eigenvalue weighted by Gasteiger charge is 2.28. The topological polar surface area (TPSA) is 53.2 Å². The second kappa shape index (κ2) is 6.32. The highest BCUT2D eigenvalue weighted by Crippen LogP contribution is 2.19. The van der Waals surface area contributed by atoms with E-state index in [1.165, 1.54) is 12.1 Å². The summed E-state index contributed by atoms with van der Waals surface area (Å²) in [5.41, 5.74) is 6.45. The van der Waals surface area contributed by atoms with Gasteiger partial charge in [0.05, 0.1) is 5.02 Å². The smallest absolute Gasteiger partial charge is 0.242 e. The number of nitrogens with one attached hydrogen (secondary N) is 3. The molecule has 2 unspecified atom stereocenters. The molecule has 1 aromatic carbocycles. The lowest BCUT2D eigenvalue weighted by Gasteiger charge is -2.10. The second-order valence-electron chi connectivity index (χ2n) is 4.68. The zero-order valence-corrected chi connectivity index (χ0v) is 11.4. The molecule has 0 aromatic heterocycles. The molecule has 0 bridgehead atoms. The molecule has 19 heavy (non-hydrogen) atoms. The third-order valence-corrected chi connectivity index (χ3v) is 3.43. The van der Waals surface area contributed by atoms with Crippen molar-refractivity contribution in [2.24, 2.45) is 0 Å². The molecule has 1 saturated heterocycles. The minimum atomic E-state index is -0.541. The maximum absolute atomic E-state index is 13.3. The van der Waals surface area contributed by atoms with Crippen LogP contribution in [0.25, 0.3) is 0 Å². The molecule has 3 N–H and O–H groups in total. The van der Waals surface area contributed by atoms with Crippen molar-refractivity contribution in [3.8, 4) is 0 Å². The number of halogens is 2. The molecule has 6 heteroatoms. The molecule has 104 valence electrons. The Hall–Kier alpha value is -1.17. The third kappa shape index (κ3) is 3.65. The van der Waals surface area contributed by atoms with E-state index in [9.17, 15) is 9.18 Å². The Morgan fingerprint density at radius 3 is 3.00 bits per heavy atom. The van der Waals surface area contributed by atoms with Gasteiger partial charge in [-0.05, 0) is 31.0 Å². The lowest BCUT2D eigenvalue weighted by atomic mass is 10.1. The molecule has 2 rings (SSSR count). The molecular weight excluding hydrogens is 269 g/mol. The van der Waals surface area contributed by atoms with Gasteiger partial charge in [0.15, 0.2) is 0 Å². The number of hydrogen-bond donors (Lipinski definition) is 3. The maximum atomic E-state index is 13.3. The highest BCUT2D eigenvalue weighted by atomic mass is 35.5. The molecule has 0 saturated carbocycles. The van der Waals surface area contributed by atoms with E-state index in [1.807, 2.05) is 0 Å². The van der Waals surface area contributed by atoms with E-state index in [4.69, 9.17) is 11.6 Å². The standard InChI is InChI=1S/C13H17ClFN3O/c1-2-3-9-7-12(18-17-9)13(19)16-8-4-5-10(14)11(15)6-8/h4-6,9,12,17-18H,2-3,7H2,1H3,(H,16,19). The molecule has 1 amide bonds. The molecule has 1 aliphatic heterocycles. The van der Waals surface area contributed by atoms with Gasteiger partial charge in [-0.15, -0.1) is 0 Å². The van der Waals surface area contributed by atoms with Gasteiger partial charge in [0.2, 0.25) is 5.91 Å². The van der Waals surface area contributed by atoms with Crippen LogP contribution < -0.4 is 16.2 Å². The van der Waals surface area contributed by atoms with Crippen LogP contribution >= 0.6 is 11.6 Å². The van der Waals surface area contributed by atoms with Gasteiger partial charge in [-0.2, -0.15) is 0 Å². The highest BCUT2D eigenvalue weighted by molar-refractivity contribution is 6.30. The Bertz CT molecular complexity index is 469. The van der Waals surface area contributed by atoms with E-state index in [2.05, 4.69) is 23.1 Å². The summed E-state index contributed by atoms with van der Waals surface area (Å²) in [5, 5.41) is 2.72. The number of anilines is 1. The molecule has 1 aliphatic rings. The van der Waals surface area contributed by atoms with Crippen LogP contribution in [-0.2, 0) is 4.79 Å². The van der Waals surface area contributed by atoms with Gasteiger partial charge in [0, 0.05) is 11.7 Å². The molecule has 2 atom stereocenters. The van der Waals surface area contributed by atoms with E-state index < -0.39 is 5.82 Å². The van der Waals surface area contributed by atoms with Gasteiger partial charge in [-0.3, -0.25) is 10.2 Å². The van der Waals surface area contributed by atoms with Crippen molar-refractivity contribution in [2.75, 3.05) is 5.32 Å². The maximum Gasteiger partial charge on any atom is 0.242 e. The van der Waals surface area contributed by atoms with Gasteiger partial charge in [0.1, 0.15) is 11.9 Å². The summed E-state index contributed by atoms with van der Waals surface area (Å²) in [7, 11) is 0. The van der Waals surface area contributed by atoms with Crippen molar-refractivity contribution in [3.05, 3.63) is 29.0 Å². The van der Waals surface area contributed by atoms with Gasteiger partial charge < -0.3 is 5.32 Å². The van der Waals surface area contributed by atoms with Crippen LogP contribution in [0, 0.1) is 5.82 Å². The van der Waals surface area contributed by atoms with Crippen LogP contribution in [0.5, 0.6) is 0 Å². The number of benzene rings is 1. The first-order valence-electron chi connectivity index (χ1n) is 6.37. The molecule has 1 fully saturated rings. The zero-order chi connectivity index (χ0) is 13.8. The quantitative estimate of drug-likeness (QED) is 0.796. The lowest BCUT2D eigenvalue weighted by molar-refractivity contribution is -0.117. The fourth-order valence-electron chi connectivity index (χ4n) is 2.14. The fraction of sp³-hybridized carbons (Fsp3) is 0.462. The van der Waals surface area contributed by atoms with Crippen molar-refractivity contribution in [3.63, 3.8) is 0 Å². The average Bonchev–Trinajstić information content (AvgIpc) is 2.83. The van der Waals surface area contributed by atoms with Crippen LogP contribution in [0.3, 0.4) is 0 Å². The lowest BCUT2D eigenvalue weighted by Crippen LogP contribution is -2.40. The first-order valence-corrected chi connectivity index (χ1v) is 6.75. The number of amides is 1. The Morgan fingerprint density at radius 1 is 1.53 bits per heavy atom. The van der Waals surface area contributed by atoms with Crippen molar-refractivity contribution in [2.45, 2.75) is 38.3 Å². The van der Waals surface area contributed by atoms with Crippen LogP contribution in [0.4, 0.5) is 10.1 Å². The zero-order valence-electron chi connectivity index (χ0n) is 10.7. The molecule has 1 aromatic rings. The van der Waals surface area contributed by atoms with Gasteiger partial charge in [-0.25, -0.2) is 9.82 Å². The average molecular weight is 286 g/mol. The molecule has 0 radical (unpaired) electrons. The van der Waals surface area contributed by atoms with E-state index in [-0.39, 0.29) is 17.0 Å². The Labute approximate surface area is 116 Å². The van der Waals surface area contributed by atoms with Crippen LogP contribution in [0.2, 0.25) is 5.02 Å². The van der Waals surface area contributed by atoms with Gasteiger partial charge in [0.25, 0.3) is 0 Å². The Balaban J connectivity index is 1.92. The predicted octanol–water partition coefficient (Wildman–Crippen LogP) is 2.45. The summed E-state index contributed by atoms with van der Waals surface area (Å²) in [6, 6.07) is 4.23. The van der Waals surface area contributed by atoms with Crippen molar-refractivity contribution in [1.29, 1.82) is 0 Å². The fourth-order valence-corrected chi connectivity index (χ4v) is 2.25. The summed E-state index contributed by atoms with van der Waals surface area (Å²) in [6.45, 7) is 2.10. The Kier molecular flexibility index (Phi) is 4.74. The van der Waals surface area contributed by atoms with Gasteiger partial charge in [-0.1, -0.05) is 24.9 Å². The molecule has 1 heterocycles. The van der Waals surface area contributed by atoms with Crippen molar-refractivity contribution < 1.29 is 9.18 Å². The second-order valence-corrected chi connectivity index (χ2v) is 5.09. The first-order chi connectivity index (χ1) is 9.10. The molecule has 0 spiro atoms.